The summed E-state index contributed by atoms with van der Waals surface area (Å²) < 4.78 is 68.6. The summed E-state index contributed by atoms with van der Waals surface area (Å²) in [5.41, 5.74) is 0. The maximum absolute atomic E-state index is 13.1. The van der Waals surface area contributed by atoms with Gasteiger partial charge in [0.05, 0.1) is 26.4 Å². The maximum Gasteiger partial charge on any atom is 0.472 e. The van der Waals surface area contributed by atoms with Crippen LogP contribution >= 0.6 is 15.6 Å². The minimum absolute atomic E-state index is 0.105. The third-order valence-electron chi connectivity index (χ3n) is 18.9. The van der Waals surface area contributed by atoms with Crippen LogP contribution in [-0.2, 0) is 65.4 Å². The molecule has 588 valence electrons. The van der Waals surface area contributed by atoms with Crippen LogP contribution in [0, 0.1) is 23.7 Å². The Morgan fingerprint density at radius 1 is 0.283 bits per heavy atom. The van der Waals surface area contributed by atoms with Crippen molar-refractivity contribution >= 4 is 39.5 Å². The molecule has 0 heterocycles. The van der Waals surface area contributed by atoms with Crippen molar-refractivity contribution in [1.29, 1.82) is 0 Å². The molecule has 0 radical (unpaired) electrons. The van der Waals surface area contributed by atoms with E-state index >= 15 is 0 Å². The van der Waals surface area contributed by atoms with Crippen molar-refractivity contribution in [3.8, 4) is 0 Å². The van der Waals surface area contributed by atoms with E-state index in [1.54, 1.807) is 0 Å². The van der Waals surface area contributed by atoms with Crippen LogP contribution in [0.25, 0.3) is 0 Å². The molecule has 99 heavy (non-hydrogen) atoms. The second-order valence-corrected chi connectivity index (χ2v) is 33.4. The van der Waals surface area contributed by atoms with Gasteiger partial charge >= 0.3 is 39.5 Å². The summed E-state index contributed by atoms with van der Waals surface area (Å²) in [5, 5.41) is 10.6. The van der Waals surface area contributed by atoms with E-state index in [-0.39, 0.29) is 25.7 Å². The van der Waals surface area contributed by atoms with Crippen molar-refractivity contribution in [3.05, 3.63) is 0 Å². The summed E-state index contributed by atoms with van der Waals surface area (Å²) in [6, 6.07) is 0. The van der Waals surface area contributed by atoms with Crippen molar-refractivity contribution in [3.63, 3.8) is 0 Å². The van der Waals surface area contributed by atoms with E-state index < -0.39 is 97.5 Å². The summed E-state index contributed by atoms with van der Waals surface area (Å²) in [7, 11) is -9.92. The number of hydrogen-bond donors (Lipinski definition) is 3. The Balaban J connectivity index is 5.16. The maximum atomic E-state index is 13.1. The van der Waals surface area contributed by atoms with Crippen LogP contribution in [0.4, 0.5) is 0 Å². The molecule has 0 aliphatic carbocycles. The van der Waals surface area contributed by atoms with Crippen LogP contribution in [0.5, 0.6) is 0 Å². The lowest BCUT2D eigenvalue weighted by molar-refractivity contribution is -0.161. The molecule has 0 aromatic heterocycles. The minimum atomic E-state index is -4.96. The third-order valence-corrected chi connectivity index (χ3v) is 20.8. The fraction of sp³-hybridized carbons (Fsp3) is 0.950. The molecule has 6 atom stereocenters. The van der Waals surface area contributed by atoms with Crippen LogP contribution in [0.3, 0.4) is 0 Å². The highest BCUT2D eigenvalue weighted by atomic mass is 31.2. The number of phosphoric ester groups is 2. The lowest BCUT2D eigenvalue weighted by Gasteiger charge is -2.21. The molecule has 4 unspecified atom stereocenters. The smallest absolute Gasteiger partial charge is 0.462 e. The van der Waals surface area contributed by atoms with E-state index in [9.17, 15) is 43.2 Å². The Morgan fingerprint density at radius 2 is 0.485 bits per heavy atom. The van der Waals surface area contributed by atoms with Gasteiger partial charge < -0.3 is 33.8 Å². The van der Waals surface area contributed by atoms with Gasteiger partial charge in [0.1, 0.15) is 19.3 Å². The number of unbranched alkanes of at least 4 members (excludes halogenated alkanes) is 42. The molecule has 0 amide bonds. The van der Waals surface area contributed by atoms with Gasteiger partial charge in [-0.1, -0.05) is 357 Å². The molecule has 0 aromatic carbocycles. The van der Waals surface area contributed by atoms with Gasteiger partial charge in [-0.3, -0.25) is 37.3 Å². The molecule has 17 nitrogen and oxygen atoms in total. The zero-order valence-electron chi connectivity index (χ0n) is 65.1. The molecule has 0 saturated carbocycles. The van der Waals surface area contributed by atoms with E-state index in [0.29, 0.717) is 31.6 Å². The predicted octanol–water partition coefficient (Wildman–Crippen LogP) is 23.6. The van der Waals surface area contributed by atoms with E-state index in [0.717, 1.165) is 114 Å². The van der Waals surface area contributed by atoms with Gasteiger partial charge in [-0.25, -0.2) is 9.13 Å². The standard InChI is InChI=1S/C80H156O17P2/c1-9-73(8)59-51-43-34-30-31-37-47-55-63-80(85)97-75(66-90-77(82)60-52-44-35-28-24-20-15-13-11-10-12-14-18-22-26-32-40-48-56-70(2)3)68-94-98(86,87)92-64-74(81)65-93-99(88,89)95-69-76(67-91-78(83)61-53-45-39-38-42-50-58-72(6)7)96-79(84)62-54-46-36-29-25-21-17-16-19-23-27-33-41-49-57-71(4)5/h70-76,81H,9-69H2,1-8H3,(H,86,87)(H,88,89)/t73?,74?,75-,76-/m1/s1. The summed E-state index contributed by atoms with van der Waals surface area (Å²) in [5.74, 6) is 0.947. The van der Waals surface area contributed by atoms with Crippen molar-refractivity contribution in [2.45, 2.75) is 427 Å². The highest BCUT2D eigenvalue weighted by Gasteiger charge is 2.30. The molecule has 3 N–H and O–H groups in total. The topological polar surface area (TPSA) is 237 Å². The summed E-state index contributed by atoms with van der Waals surface area (Å²) >= 11 is 0. The molecule has 0 aromatic rings. The number of aliphatic hydroxyl groups excluding tert-OH is 1. The number of rotatable bonds is 77. The van der Waals surface area contributed by atoms with Crippen LogP contribution in [0.1, 0.15) is 409 Å². The fourth-order valence-corrected chi connectivity index (χ4v) is 13.8. The first-order valence-corrected chi connectivity index (χ1v) is 44.2. The molecule has 0 saturated heterocycles. The molecule has 19 heteroatoms. The quantitative estimate of drug-likeness (QED) is 0.0222. The summed E-state index contributed by atoms with van der Waals surface area (Å²) in [6.07, 6.45) is 55.7. The zero-order chi connectivity index (χ0) is 73.1. The predicted molar refractivity (Wildman–Crippen MR) is 404 cm³/mol. The second-order valence-electron chi connectivity index (χ2n) is 30.5. The summed E-state index contributed by atoms with van der Waals surface area (Å²) in [4.78, 5) is 72.9. The van der Waals surface area contributed by atoms with Gasteiger partial charge in [0, 0.05) is 25.7 Å². The van der Waals surface area contributed by atoms with Crippen LogP contribution in [0.2, 0.25) is 0 Å². The first-order chi connectivity index (χ1) is 47.6. The van der Waals surface area contributed by atoms with Crippen molar-refractivity contribution in [1.82, 2.24) is 0 Å². The number of esters is 4. The van der Waals surface area contributed by atoms with Crippen molar-refractivity contribution < 1.29 is 80.2 Å². The lowest BCUT2D eigenvalue weighted by Crippen LogP contribution is -2.30. The zero-order valence-corrected chi connectivity index (χ0v) is 66.9. The molecule has 0 spiro atoms. The SMILES string of the molecule is CCC(C)CCCCCCCCCCC(=O)O[C@H](COC(=O)CCCCCCCCCCCCCCCCCCCCC(C)C)COP(=O)(O)OCC(O)COP(=O)(O)OC[C@@H](COC(=O)CCCCCCCCC(C)C)OC(=O)CCCCCCCCCCCCCCCCC(C)C. The van der Waals surface area contributed by atoms with Crippen molar-refractivity contribution in [2.75, 3.05) is 39.6 Å². The number of ether oxygens (including phenoxy) is 4. The van der Waals surface area contributed by atoms with E-state index in [4.69, 9.17) is 37.0 Å². The van der Waals surface area contributed by atoms with E-state index in [2.05, 4.69) is 55.4 Å². The number of carbonyl (C=O) groups excluding carboxylic acids is 4. The Labute approximate surface area is 607 Å². The normalized spacial score (nSPS) is 14.3. The number of carbonyl (C=O) groups is 4. The first kappa shape index (κ1) is 97.1. The molecule has 0 fully saturated rings. The Kier molecular flexibility index (Phi) is 67.8. The van der Waals surface area contributed by atoms with Crippen molar-refractivity contribution in [2.24, 2.45) is 23.7 Å². The number of phosphoric acid groups is 2. The summed E-state index contributed by atoms with van der Waals surface area (Å²) in [6.45, 7) is 14.2. The highest BCUT2D eigenvalue weighted by molar-refractivity contribution is 7.47. The van der Waals surface area contributed by atoms with Gasteiger partial charge in [-0.05, 0) is 49.4 Å². The monoisotopic (exact) mass is 1450 g/mol. The Hall–Kier alpha value is -1.94. The average molecular weight is 1450 g/mol. The third kappa shape index (κ3) is 72.8. The molecule has 0 rings (SSSR count). The molecule has 0 bridgehead atoms. The highest BCUT2D eigenvalue weighted by Crippen LogP contribution is 2.45. The van der Waals surface area contributed by atoms with Gasteiger partial charge in [-0.2, -0.15) is 0 Å². The fourth-order valence-electron chi connectivity index (χ4n) is 12.2. The number of hydrogen-bond acceptors (Lipinski definition) is 15. The second kappa shape index (κ2) is 69.1. The van der Waals surface area contributed by atoms with Gasteiger partial charge in [0.25, 0.3) is 0 Å². The number of aliphatic hydroxyl groups is 1. The van der Waals surface area contributed by atoms with E-state index in [1.165, 1.54) is 205 Å². The molecule has 0 aliphatic heterocycles. The van der Waals surface area contributed by atoms with Crippen LogP contribution < -0.4 is 0 Å². The Bertz CT molecular complexity index is 1940. The minimum Gasteiger partial charge on any atom is -0.462 e. The van der Waals surface area contributed by atoms with E-state index in [1.807, 2.05) is 0 Å². The van der Waals surface area contributed by atoms with Crippen LogP contribution in [0.15, 0.2) is 0 Å². The first-order valence-electron chi connectivity index (χ1n) is 41.2. The van der Waals surface area contributed by atoms with Crippen LogP contribution in [-0.4, -0.2) is 96.7 Å². The average Bonchev–Trinajstić information content (AvgIpc) is 1.05. The molecule has 0 aliphatic rings. The largest absolute Gasteiger partial charge is 0.472 e. The van der Waals surface area contributed by atoms with Gasteiger partial charge in [0.15, 0.2) is 12.2 Å². The Morgan fingerprint density at radius 3 is 0.717 bits per heavy atom. The molecular formula is C80H156O17P2. The van der Waals surface area contributed by atoms with Gasteiger partial charge in [0.2, 0.25) is 0 Å². The molecular weight excluding hydrogens is 1290 g/mol. The lowest BCUT2D eigenvalue weighted by atomic mass is 9.99. The van der Waals surface area contributed by atoms with Gasteiger partial charge in [-0.15, -0.1) is 0 Å².